The molecule has 138 valence electrons. The number of hydrogen-bond acceptors (Lipinski definition) is 4. The number of hydrogen-bond donors (Lipinski definition) is 3. The van der Waals surface area contributed by atoms with Crippen molar-refractivity contribution in [3.8, 4) is 0 Å². The van der Waals surface area contributed by atoms with Crippen LogP contribution in [0.5, 0.6) is 0 Å². The van der Waals surface area contributed by atoms with Gasteiger partial charge >= 0.3 is 5.97 Å². The van der Waals surface area contributed by atoms with Gasteiger partial charge in [0.1, 0.15) is 6.04 Å². The number of carbonyl (C=O) groups is 3. The fourth-order valence-electron chi connectivity index (χ4n) is 2.09. The minimum Gasteiger partial charge on any atom is -0.480 e. The zero-order chi connectivity index (χ0) is 19.0. The first-order valence-corrected chi connectivity index (χ1v) is 9.25. The van der Waals surface area contributed by atoms with E-state index in [2.05, 4.69) is 10.6 Å². The van der Waals surface area contributed by atoms with E-state index in [1.165, 1.54) is 11.8 Å². The predicted octanol–water partition coefficient (Wildman–Crippen LogP) is 2.67. The third-order valence-electron chi connectivity index (χ3n) is 3.49. The van der Waals surface area contributed by atoms with Crippen LogP contribution in [0.2, 0.25) is 0 Å². The molecular formula is C18H26N2O4S. The highest BCUT2D eigenvalue weighted by Crippen LogP contribution is 2.14. The Morgan fingerprint density at radius 3 is 2.24 bits per heavy atom. The fourth-order valence-corrected chi connectivity index (χ4v) is 2.79. The van der Waals surface area contributed by atoms with Gasteiger partial charge in [0.25, 0.3) is 0 Å². The Bertz CT molecular complexity index is 602. The van der Waals surface area contributed by atoms with Gasteiger partial charge < -0.3 is 15.7 Å². The van der Waals surface area contributed by atoms with Crippen LogP contribution in [0, 0.1) is 12.8 Å². The van der Waals surface area contributed by atoms with Crippen molar-refractivity contribution in [3.05, 3.63) is 29.8 Å². The smallest absolute Gasteiger partial charge is 0.326 e. The molecule has 0 aliphatic heterocycles. The molecule has 0 bridgehead atoms. The van der Waals surface area contributed by atoms with Crippen molar-refractivity contribution in [2.45, 2.75) is 45.4 Å². The van der Waals surface area contributed by atoms with Gasteiger partial charge in [-0.15, -0.1) is 11.8 Å². The number of carbonyl (C=O) groups excluding carboxylic acids is 2. The van der Waals surface area contributed by atoms with E-state index in [-0.39, 0.29) is 23.5 Å². The zero-order valence-corrected chi connectivity index (χ0v) is 15.9. The topological polar surface area (TPSA) is 95.5 Å². The Hall–Kier alpha value is -2.02. The second-order valence-electron chi connectivity index (χ2n) is 6.40. The molecule has 0 fully saturated rings. The second kappa shape index (κ2) is 10.1. The minimum absolute atomic E-state index is 0.115. The van der Waals surface area contributed by atoms with Gasteiger partial charge in [-0.3, -0.25) is 9.59 Å². The van der Waals surface area contributed by atoms with Crippen LogP contribution in [0.15, 0.2) is 24.3 Å². The Morgan fingerprint density at radius 1 is 1.12 bits per heavy atom. The molecule has 2 unspecified atom stereocenters. The lowest BCUT2D eigenvalue weighted by molar-refractivity contribution is -0.142. The van der Waals surface area contributed by atoms with Crippen LogP contribution in [0.4, 0.5) is 5.69 Å². The standard InChI is InChI=1S/C18H26N2O4S/c1-11(2)9-15(18(23)24)20-17(22)13(4)25-10-16(21)19-14-7-5-12(3)6-8-14/h5-8,11,13,15H,9-10H2,1-4H3,(H,19,21)(H,20,22)(H,23,24). The summed E-state index contributed by atoms with van der Waals surface area (Å²) in [5, 5.41) is 14.0. The van der Waals surface area contributed by atoms with Gasteiger partial charge in [-0.1, -0.05) is 31.5 Å². The number of carboxylic acid groups (broad SMARTS) is 1. The van der Waals surface area contributed by atoms with E-state index < -0.39 is 17.3 Å². The van der Waals surface area contributed by atoms with Crippen molar-refractivity contribution < 1.29 is 19.5 Å². The molecule has 1 aromatic carbocycles. The molecule has 1 rings (SSSR count). The lowest BCUT2D eigenvalue weighted by atomic mass is 10.0. The van der Waals surface area contributed by atoms with Crippen molar-refractivity contribution in [2.24, 2.45) is 5.92 Å². The van der Waals surface area contributed by atoms with Crippen molar-refractivity contribution in [3.63, 3.8) is 0 Å². The van der Waals surface area contributed by atoms with E-state index in [0.717, 1.165) is 5.56 Å². The highest BCUT2D eigenvalue weighted by atomic mass is 32.2. The van der Waals surface area contributed by atoms with Gasteiger partial charge in [-0.25, -0.2) is 4.79 Å². The molecule has 0 aliphatic carbocycles. The summed E-state index contributed by atoms with van der Waals surface area (Å²) < 4.78 is 0. The summed E-state index contributed by atoms with van der Waals surface area (Å²) in [4.78, 5) is 35.3. The molecular weight excluding hydrogens is 340 g/mol. The largest absolute Gasteiger partial charge is 0.480 e. The summed E-state index contributed by atoms with van der Waals surface area (Å²) >= 11 is 1.17. The highest BCUT2D eigenvalue weighted by molar-refractivity contribution is 8.01. The third kappa shape index (κ3) is 8.07. The molecule has 25 heavy (non-hydrogen) atoms. The van der Waals surface area contributed by atoms with Crippen molar-refractivity contribution in [1.82, 2.24) is 5.32 Å². The average molecular weight is 366 g/mol. The van der Waals surface area contributed by atoms with Crippen molar-refractivity contribution >= 4 is 35.2 Å². The molecule has 0 saturated heterocycles. The highest BCUT2D eigenvalue weighted by Gasteiger charge is 2.24. The van der Waals surface area contributed by atoms with Crippen LogP contribution < -0.4 is 10.6 Å². The Balaban J connectivity index is 2.44. The number of amides is 2. The molecule has 1 aromatic rings. The molecule has 0 saturated carbocycles. The van der Waals surface area contributed by atoms with E-state index in [9.17, 15) is 14.4 Å². The predicted molar refractivity (Wildman–Crippen MR) is 101 cm³/mol. The van der Waals surface area contributed by atoms with Gasteiger partial charge in [-0.05, 0) is 38.3 Å². The lowest BCUT2D eigenvalue weighted by Crippen LogP contribution is -2.44. The number of thioether (sulfide) groups is 1. The normalized spacial score (nSPS) is 13.2. The first kappa shape index (κ1) is 21.0. The molecule has 0 radical (unpaired) electrons. The minimum atomic E-state index is -1.05. The third-order valence-corrected chi connectivity index (χ3v) is 4.63. The van der Waals surface area contributed by atoms with Gasteiger partial charge in [-0.2, -0.15) is 0 Å². The summed E-state index contributed by atoms with van der Waals surface area (Å²) in [6.45, 7) is 7.42. The molecule has 3 N–H and O–H groups in total. The Morgan fingerprint density at radius 2 is 1.72 bits per heavy atom. The van der Waals surface area contributed by atoms with Crippen LogP contribution in [-0.4, -0.2) is 39.9 Å². The van der Waals surface area contributed by atoms with Gasteiger partial charge in [0.2, 0.25) is 11.8 Å². The van der Waals surface area contributed by atoms with Crippen molar-refractivity contribution in [2.75, 3.05) is 11.1 Å². The molecule has 2 amide bonds. The molecule has 0 aliphatic rings. The zero-order valence-electron chi connectivity index (χ0n) is 15.0. The van der Waals surface area contributed by atoms with Crippen LogP contribution in [-0.2, 0) is 14.4 Å². The number of anilines is 1. The first-order chi connectivity index (χ1) is 11.7. The first-order valence-electron chi connectivity index (χ1n) is 8.20. The monoisotopic (exact) mass is 366 g/mol. The van der Waals surface area contributed by atoms with Gasteiger partial charge in [0.15, 0.2) is 0 Å². The number of nitrogens with one attached hydrogen (secondary N) is 2. The molecule has 7 heteroatoms. The Labute approximate surface area is 152 Å². The van der Waals surface area contributed by atoms with Gasteiger partial charge in [0, 0.05) is 5.69 Å². The molecule has 0 heterocycles. The number of benzene rings is 1. The summed E-state index contributed by atoms with van der Waals surface area (Å²) in [6.07, 6.45) is 0.367. The van der Waals surface area contributed by atoms with Crippen molar-refractivity contribution in [1.29, 1.82) is 0 Å². The molecule has 0 aromatic heterocycles. The van der Waals surface area contributed by atoms with E-state index in [4.69, 9.17) is 5.11 Å². The number of carboxylic acids is 1. The van der Waals surface area contributed by atoms with E-state index in [0.29, 0.717) is 12.1 Å². The maximum absolute atomic E-state index is 12.1. The number of aliphatic carboxylic acids is 1. The summed E-state index contributed by atoms with van der Waals surface area (Å²) in [5.41, 5.74) is 1.81. The van der Waals surface area contributed by atoms with Crippen LogP contribution in [0.3, 0.4) is 0 Å². The summed E-state index contributed by atoms with van der Waals surface area (Å²) in [5.74, 6) is -1.35. The quantitative estimate of drug-likeness (QED) is 0.624. The van der Waals surface area contributed by atoms with Crippen LogP contribution in [0.25, 0.3) is 0 Å². The summed E-state index contributed by atoms with van der Waals surface area (Å²) in [6, 6.07) is 6.53. The average Bonchev–Trinajstić information content (AvgIpc) is 2.53. The number of aryl methyl sites for hydroxylation is 1. The maximum atomic E-state index is 12.1. The summed E-state index contributed by atoms with van der Waals surface area (Å²) in [7, 11) is 0. The van der Waals surface area contributed by atoms with Gasteiger partial charge in [0.05, 0.1) is 11.0 Å². The second-order valence-corrected chi connectivity index (χ2v) is 7.73. The van der Waals surface area contributed by atoms with E-state index in [1.807, 2.05) is 45.0 Å². The van der Waals surface area contributed by atoms with Crippen LogP contribution >= 0.6 is 11.8 Å². The molecule has 6 nitrogen and oxygen atoms in total. The number of rotatable bonds is 9. The SMILES string of the molecule is Cc1ccc(NC(=O)CSC(C)C(=O)NC(CC(C)C)C(=O)O)cc1. The maximum Gasteiger partial charge on any atom is 0.326 e. The molecule has 2 atom stereocenters. The van der Waals surface area contributed by atoms with E-state index in [1.54, 1.807) is 6.92 Å². The Kier molecular flexibility index (Phi) is 8.48. The lowest BCUT2D eigenvalue weighted by Gasteiger charge is -2.19. The fraction of sp³-hybridized carbons (Fsp3) is 0.500. The van der Waals surface area contributed by atoms with E-state index >= 15 is 0 Å². The molecule has 0 spiro atoms. The van der Waals surface area contributed by atoms with Crippen LogP contribution in [0.1, 0.15) is 32.8 Å².